The van der Waals surface area contributed by atoms with Crippen LogP contribution in [-0.2, 0) is 14.3 Å². The highest BCUT2D eigenvalue weighted by molar-refractivity contribution is 5.78. The number of hydrogen-bond acceptors (Lipinski definition) is 4. The topological polar surface area (TPSA) is 95.9 Å². The number of ether oxygens (including phenoxy) is 1. The standard InChI is InChI=1S/C15H27NO5/c1-21-11-12(5-8-17)16-13(18)9-15(10-14(19)20)6-3-2-4-7-15/h12,17H,2-11H2,1H3,(H,16,18)(H,19,20). The number of carboxylic acids is 1. The van der Waals surface area contributed by atoms with Crippen LogP contribution in [0.1, 0.15) is 51.4 Å². The Balaban J connectivity index is 2.60. The molecule has 0 saturated heterocycles. The van der Waals surface area contributed by atoms with E-state index in [1.54, 1.807) is 7.11 Å². The lowest BCUT2D eigenvalue weighted by atomic mass is 9.69. The molecule has 3 N–H and O–H groups in total. The number of nitrogens with one attached hydrogen (secondary N) is 1. The number of amides is 1. The van der Waals surface area contributed by atoms with E-state index >= 15 is 0 Å². The fourth-order valence-electron chi connectivity index (χ4n) is 3.21. The van der Waals surface area contributed by atoms with E-state index in [0.717, 1.165) is 32.1 Å². The van der Waals surface area contributed by atoms with E-state index in [1.807, 2.05) is 0 Å². The van der Waals surface area contributed by atoms with Crippen LogP contribution in [0.5, 0.6) is 0 Å². The summed E-state index contributed by atoms with van der Waals surface area (Å²) in [7, 11) is 1.55. The van der Waals surface area contributed by atoms with Gasteiger partial charge in [-0.1, -0.05) is 19.3 Å². The van der Waals surface area contributed by atoms with E-state index in [0.29, 0.717) is 13.0 Å². The van der Waals surface area contributed by atoms with Crippen molar-refractivity contribution < 1.29 is 24.5 Å². The van der Waals surface area contributed by atoms with Crippen LogP contribution in [0.3, 0.4) is 0 Å². The van der Waals surface area contributed by atoms with Crippen molar-refractivity contribution >= 4 is 11.9 Å². The maximum Gasteiger partial charge on any atom is 0.303 e. The van der Waals surface area contributed by atoms with Gasteiger partial charge in [0.15, 0.2) is 0 Å². The Bertz CT molecular complexity index is 333. The number of carbonyl (C=O) groups is 2. The maximum absolute atomic E-state index is 12.2. The molecular formula is C15H27NO5. The normalized spacial score (nSPS) is 19.0. The fraction of sp³-hybridized carbons (Fsp3) is 0.867. The molecule has 6 heteroatoms. The number of carboxylic acid groups (broad SMARTS) is 1. The fourth-order valence-corrected chi connectivity index (χ4v) is 3.21. The molecule has 1 aliphatic rings. The predicted molar refractivity (Wildman–Crippen MR) is 77.9 cm³/mol. The highest BCUT2D eigenvalue weighted by Crippen LogP contribution is 2.42. The van der Waals surface area contributed by atoms with Gasteiger partial charge in [0.2, 0.25) is 5.91 Å². The number of hydrogen-bond donors (Lipinski definition) is 3. The van der Waals surface area contributed by atoms with Gasteiger partial charge in [-0.25, -0.2) is 0 Å². The van der Waals surface area contributed by atoms with Gasteiger partial charge in [-0.2, -0.15) is 0 Å². The van der Waals surface area contributed by atoms with Crippen molar-refractivity contribution in [2.45, 2.75) is 57.4 Å². The number of carbonyl (C=O) groups excluding carboxylic acids is 1. The van der Waals surface area contributed by atoms with E-state index in [-0.39, 0.29) is 31.4 Å². The number of rotatable bonds is 9. The second-order valence-electron chi connectivity index (χ2n) is 6.04. The zero-order valence-electron chi connectivity index (χ0n) is 12.8. The molecule has 0 bridgehead atoms. The summed E-state index contributed by atoms with van der Waals surface area (Å²) in [4.78, 5) is 23.3. The first-order valence-electron chi connectivity index (χ1n) is 7.62. The highest BCUT2D eigenvalue weighted by Gasteiger charge is 2.36. The second kappa shape index (κ2) is 9.00. The van der Waals surface area contributed by atoms with Gasteiger partial charge in [-0.3, -0.25) is 9.59 Å². The van der Waals surface area contributed by atoms with Crippen molar-refractivity contribution in [3.8, 4) is 0 Å². The van der Waals surface area contributed by atoms with Gasteiger partial charge < -0.3 is 20.3 Å². The van der Waals surface area contributed by atoms with Gasteiger partial charge in [-0.15, -0.1) is 0 Å². The van der Waals surface area contributed by atoms with Gasteiger partial charge in [0.05, 0.1) is 19.1 Å². The predicted octanol–water partition coefficient (Wildman–Crippen LogP) is 1.32. The summed E-state index contributed by atoms with van der Waals surface area (Å²) in [5.41, 5.74) is -0.412. The average Bonchev–Trinajstić information content (AvgIpc) is 2.38. The Kier molecular flexibility index (Phi) is 7.67. The first kappa shape index (κ1) is 17.9. The molecule has 0 heterocycles. The van der Waals surface area contributed by atoms with Gasteiger partial charge in [0.25, 0.3) is 0 Å². The summed E-state index contributed by atoms with van der Waals surface area (Å²) < 4.78 is 5.02. The largest absolute Gasteiger partial charge is 0.481 e. The molecule has 0 radical (unpaired) electrons. The summed E-state index contributed by atoms with van der Waals surface area (Å²) in [6.07, 6.45) is 5.40. The molecule has 1 atom stereocenters. The van der Waals surface area contributed by atoms with Crippen LogP contribution in [0.15, 0.2) is 0 Å². The van der Waals surface area contributed by atoms with E-state index in [9.17, 15) is 9.59 Å². The van der Waals surface area contributed by atoms with Crippen LogP contribution >= 0.6 is 0 Å². The molecule has 21 heavy (non-hydrogen) atoms. The molecular weight excluding hydrogens is 274 g/mol. The van der Waals surface area contributed by atoms with Gasteiger partial charge in [0, 0.05) is 20.1 Å². The van der Waals surface area contributed by atoms with E-state index in [4.69, 9.17) is 14.9 Å². The third-order valence-corrected chi connectivity index (χ3v) is 4.19. The van der Waals surface area contributed by atoms with Crippen molar-refractivity contribution in [1.29, 1.82) is 0 Å². The molecule has 1 saturated carbocycles. The molecule has 1 rings (SSSR count). The van der Waals surface area contributed by atoms with Crippen molar-refractivity contribution in [2.24, 2.45) is 5.41 Å². The first-order chi connectivity index (χ1) is 10.0. The summed E-state index contributed by atoms with van der Waals surface area (Å²) in [5, 5.41) is 20.9. The Labute approximate surface area is 125 Å². The van der Waals surface area contributed by atoms with Crippen LogP contribution in [-0.4, -0.2) is 48.5 Å². The van der Waals surface area contributed by atoms with Crippen molar-refractivity contribution in [3.63, 3.8) is 0 Å². The number of methoxy groups -OCH3 is 1. The van der Waals surface area contributed by atoms with Crippen LogP contribution in [0.2, 0.25) is 0 Å². The Morgan fingerprint density at radius 1 is 1.24 bits per heavy atom. The molecule has 0 aromatic heterocycles. The van der Waals surface area contributed by atoms with Crippen LogP contribution in [0.4, 0.5) is 0 Å². The Hall–Kier alpha value is -1.14. The van der Waals surface area contributed by atoms with Crippen molar-refractivity contribution in [2.75, 3.05) is 20.3 Å². The molecule has 0 aromatic rings. The number of aliphatic carboxylic acids is 1. The summed E-state index contributed by atoms with van der Waals surface area (Å²) in [5.74, 6) is -0.984. The van der Waals surface area contributed by atoms with Gasteiger partial charge in [-0.05, 0) is 24.7 Å². The lowest BCUT2D eigenvalue weighted by Crippen LogP contribution is -2.42. The summed E-state index contributed by atoms with van der Waals surface area (Å²) >= 11 is 0. The van der Waals surface area contributed by atoms with Gasteiger partial charge in [0.1, 0.15) is 0 Å². The first-order valence-corrected chi connectivity index (χ1v) is 7.62. The molecule has 1 fully saturated rings. The lowest BCUT2D eigenvalue weighted by Gasteiger charge is -2.36. The molecule has 0 spiro atoms. The average molecular weight is 301 g/mol. The number of aliphatic hydroxyl groups is 1. The smallest absolute Gasteiger partial charge is 0.303 e. The lowest BCUT2D eigenvalue weighted by molar-refractivity contribution is -0.141. The Morgan fingerprint density at radius 2 is 1.90 bits per heavy atom. The maximum atomic E-state index is 12.2. The number of aliphatic hydroxyl groups excluding tert-OH is 1. The highest BCUT2D eigenvalue weighted by atomic mass is 16.5. The molecule has 122 valence electrons. The van der Waals surface area contributed by atoms with E-state index < -0.39 is 11.4 Å². The molecule has 0 aromatic carbocycles. The second-order valence-corrected chi connectivity index (χ2v) is 6.04. The van der Waals surface area contributed by atoms with Crippen molar-refractivity contribution in [3.05, 3.63) is 0 Å². The zero-order valence-corrected chi connectivity index (χ0v) is 12.8. The monoisotopic (exact) mass is 301 g/mol. The van der Waals surface area contributed by atoms with E-state index in [1.165, 1.54) is 0 Å². The SMILES string of the molecule is COCC(CCO)NC(=O)CC1(CC(=O)O)CCCCC1. The van der Waals surface area contributed by atoms with Crippen LogP contribution in [0.25, 0.3) is 0 Å². The molecule has 1 unspecified atom stereocenters. The minimum atomic E-state index is -0.839. The van der Waals surface area contributed by atoms with Crippen LogP contribution < -0.4 is 5.32 Å². The summed E-state index contributed by atoms with van der Waals surface area (Å²) in [6, 6.07) is -0.224. The third kappa shape index (κ3) is 6.44. The Morgan fingerprint density at radius 3 is 2.43 bits per heavy atom. The van der Waals surface area contributed by atoms with Crippen LogP contribution in [0, 0.1) is 5.41 Å². The molecule has 6 nitrogen and oxygen atoms in total. The third-order valence-electron chi connectivity index (χ3n) is 4.19. The minimum Gasteiger partial charge on any atom is -0.481 e. The zero-order chi connectivity index (χ0) is 15.7. The van der Waals surface area contributed by atoms with Crippen molar-refractivity contribution in [1.82, 2.24) is 5.32 Å². The minimum absolute atomic E-state index is 0.0193. The molecule has 0 aliphatic heterocycles. The molecule has 1 aliphatic carbocycles. The quantitative estimate of drug-likeness (QED) is 0.597. The van der Waals surface area contributed by atoms with Gasteiger partial charge >= 0.3 is 5.97 Å². The van der Waals surface area contributed by atoms with E-state index in [2.05, 4.69) is 5.32 Å². The molecule has 1 amide bonds. The summed E-state index contributed by atoms with van der Waals surface area (Å²) in [6.45, 7) is 0.326.